The molecule has 5 rings (SSSR count). The normalized spacial score (nSPS) is 12.4. The molecule has 0 spiro atoms. The Morgan fingerprint density at radius 2 is 1.17 bits per heavy atom. The Morgan fingerprint density at radius 3 is 1.73 bits per heavy atom. The molecule has 0 bridgehead atoms. The predicted molar refractivity (Wildman–Crippen MR) is 167 cm³/mol. The molecule has 6 heteroatoms. The lowest BCUT2D eigenvalue weighted by Crippen LogP contribution is -2.11. The van der Waals surface area contributed by atoms with Gasteiger partial charge in [0.2, 0.25) is 0 Å². The molecule has 0 radical (unpaired) electrons. The fraction of sp³-hybridized carbons (Fsp3) is 0.200. The second-order valence-corrected chi connectivity index (χ2v) is 10.9. The smallest absolute Gasteiger partial charge is 0.0894 e. The summed E-state index contributed by atoms with van der Waals surface area (Å²) >= 11 is 0. The molecule has 0 amide bonds. The molecule has 6 nitrogen and oxygen atoms in total. The van der Waals surface area contributed by atoms with Crippen molar-refractivity contribution in [3.8, 4) is 22.8 Å². The Balaban J connectivity index is 1.46. The molecule has 4 aromatic heterocycles. The van der Waals surface area contributed by atoms with Crippen LogP contribution in [0.15, 0.2) is 120 Å². The summed E-state index contributed by atoms with van der Waals surface area (Å²) in [6, 6.07) is 32.3. The van der Waals surface area contributed by atoms with Gasteiger partial charge in [-0.1, -0.05) is 69.3 Å². The number of hydrogen-bond donors (Lipinski definition) is 0. The highest BCUT2D eigenvalue weighted by molar-refractivity contribution is 6.01. The first-order chi connectivity index (χ1) is 19.9. The third-order valence-corrected chi connectivity index (χ3v) is 6.81. The van der Waals surface area contributed by atoms with Gasteiger partial charge in [-0.3, -0.25) is 9.97 Å². The van der Waals surface area contributed by atoms with Gasteiger partial charge in [0.15, 0.2) is 0 Å². The lowest BCUT2D eigenvalue weighted by atomic mass is 9.86. The fourth-order valence-electron chi connectivity index (χ4n) is 4.40. The van der Waals surface area contributed by atoms with Crippen LogP contribution in [0.5, 0.6) is 0 Å². The van der Waals surface area contributed by atoms with Crippen LogP contribution in [0.3, 0.4) is 0 Å². The van der Waals surface area contributed by atoms with E-state index in [1.165, 1.54) is 11.1 Å². The highest BCUT2D eigenvalue weighted by Crippen LogP contribution is 2.23. The average molecular weight is 539 g/mol. The van der Waals surface area contributed by atoms with Crippen LogP contribution in [-0.2, 0) is 11.8 Å². The van der Waals surface area contributed by atoms with Crippen LogP contribution in [0.25, 0.3) is 22.8 Å². The van der Waals surface area contributed by atoms with Gasteiger partial charge in [-0.2, -0.15) is 10.2 Å². The van der Waals surface area contributed by atoms with E-state index in [4.69, 9.17) is 15.1 Å². The molecule has 0 saturated carbocycles. The van der Waals surface area contributed by atoms with Gasteiger partial charge in [0.1, 0.15) is 0 Å². The van der Waals surface area contributed by atoms with Crippen molar-refractivity contribution >= 4 is 11.4 Å². The van der Waals surface area contributed by atoms with Crippen LogP contribution in [0.2, 0.25) is 0 Å². The highest BCUT2D eigenvalue weighted by atomic mass is 15.2. The molecule has 0 unspecified atom stereocenters. The van der Waals surface area contributed by atoms with Crippen LogP contribution in [-0.4, -0.2) is 31.4 Å². The Morgan fingerprint density at radius 1 is 0.610 bits per heavy atom. The van der Waals surface area contributed by atoms with Gasteiger partial charge in [0, 0.05) is 12.4 Å². The number of benzene rings is 1. The summed E-state index contributed by atoms with van der Waals surface area (Å²) in [4.78, 5) is 18.6. The molecular formula is C35H34N6. The summed E-state index contributed by atoms with van der Waals surface area (Å²) in [7, 11) is 0. The Kier molecular flexibility index (Phi) is 8.49. The third-order valence-electron chi connectivity index (χ3n) is 6.81. The van der Waals surface area contributed by atoms with Crippen LogP contribution >= 0.6 is 0 Å². The van der Waals surface area contributed by atoms with Crippen LogP contribution in [0.1, 0.15) is 56.6 Å². The van der Waals surface area contributed by atoms with E-state index in [1.807, 2.05) is 79.7 Å². The number of hydrogen-bond acceptors (Lipinski definition) is 6. The number of nitrogens with zero attached hydrogens (tertiary/aromatic N) is 6. The molecule has 41 heavy (non-hydrogen) atoms. The minimum Gasteiger partial charge on any atom is -0.255 e. The number of pyridine rings is 4. The molecule has 0 aliphatic carbocycles. The highest BCUT2D eigenvalue weighted by Gasteiger charge is 2.14. The third kappa shape index (κ3) is 7.22. The zero-order valence-electron chi connectivity index (χ0n) is 24.0. The second kappa shape index (κ2) is 12.6. The quantitative estimate of drug-likeness (QED) is 0.150. The van der Waals surface area contributed by atoms with E-state index in [0.29, 0.717) is 6.42 Å². The number of aromatic nitrogens is 4. The molecule has 0 N–H and O–H groups in total. The first-order valence-corrected chi connectivity index (χ1v) is 13.8. The van der Waals surface area contributed by atoms with Crippen LogP contribution in [0, 0.1) is 0 Å². The zero-order chi connectivity index (χ0) is 28.7. The van der Waals surface area contributed by atoms with E-state index < -0.39 is 0 Å². The van der Waals surface area contributed by atoms with Gasteiger partial charge in [0.25, 0.3) is 0 Å². The Labute approximate surface area is 242 Å². The van der Waals surface area contributed by atoms with E-state index >= 15 is 0 Å². The van der Waals surface area contributed by atoms with E-state index in [9.17, 15) is 0 Å². The first-order valence-electron chi connectivity index (χ1n) is 13.8. The van der Waals surface area contributed by atoms with Crippen molar-refractivity contribution in [3.05, 3.63) is 132 Å². The molecule has 0 aliphatic heterocycles. The average Bonchev–Trinajstić information content (AvgIpc) is 3.02. The van der Waals surface area contributed by atoms with Gasteiger partial charge < -0.3 is 0 Å². The summed E-state index contributed by atoms with van der Waals surface area (Å²) < 4.78 is 0. The largest absolute Gasteiger partial charge is 0.255 e. The lowest BCUT2D eigenvalue weighted by Gasteiger charge is -2.19. The second-order valence-electron chi connectivity index (χ2n) is 10.9. The minimum atomic E-state index is 0.120. The predicted octanol–water partition coefficient (Wildman–Crippen LogP) is 7.74. The van der Waals surface area contributed by atoms with Gasteiger partial charge >= 0.3 is 0 Å². The van der Waals surface area contributed by atoms with Crippen molar-refractivity contribution in [1.29, 1.82) is 0 Å². The van der Waals surface area contributed by atoms with Gasteiger partial charge in [-0.25, -0.2) is 9.97 Å². The van der Waals surface area contributed by atoms with Gasteiger partial charge in [0.05, 0.1) is 45.6 Å². The fourth-order valence-corrected chi connectivity index (χ4v) is 4.40. The van der Waals surface area contributed by atoms with Gasteiger partial charge in [-0.15, -0.1) is 0 Å². The van der Waals surface area contributed by atoms with Crippen LogP contribution in [0.4, 0.5) is 0 Å². The molecule has 0 atom stereocenters. The van der Waals surface area contributed by atoms with Gasteiger partial charge in [-0.05, 0) is 84.8 Å². The molecule has 0 aliphatic rings. The van der Waals surface area contributed by atoms with Crippen molar-refractivity contribution < 1.29 is 0 Å². The molecule has 4 heterocycles. The molecule has 5 aromatic rings. The van der Waals surface area contributed by atoms with Crippen molar-refractivity contribution in [2.24, 2.45) is 10.2 Å². The maximum absolute atomic E-state index is 4.92. The topological polar surface area (TPSA) is 76.3 Å². The number of rotatable bonds is 8. The standard InChI is InChI=1S/C35H34N6/c1-25(28-13-9-14-31(38-28)29-11-5-7-23-36-29)40-41-34(22-19-26-17-20-27(21-18-26)35(2,3)4)33-16-10-15-32(39-33)30-12-6-8-24-37-30/h5-18,20-21,23-24H,19,22H2,1-4H3/b40-25+,41-34+. The Bertz CT molecular complexity index is 1650. The van der Waals surface area contributed by atoms with Crippen molar-refractivity contribution in [2.75, 3.05) is 0 Å². The summed E-state index contributed by atoms with van der Waals surface area (Å²) in [5.74, 6) is 0. The maximum Gasteiger partial charge on any atom is 0.0894 e. The minimum absolute atomic E-state index is 0.120. The maximum atomic E-state index is 4.92. The SMILES string of the molecule is C/C(=N\N=C(/CCc1ccc(C(C)(C)C)cc1)c1cccc(-c2ccccn2)n1)c1cccc(-c2ccccn2)n1. The van der Waals surface area contributed by atoms with Crippen LogP contribution < -0.4 is 0 Å². The van der Waals surface area contributed by atoms with E-state index in [2.05, 4.69) is 60.1 Å². The van der Waals surface area contributed by atoms with Crippen molar-refractivity contribution in [2.45, 2.75) is 46.0 Å². The molecule has 1 aromatic carbocycles. The molecule has 204 valence electrons. The zero-order valence-corrected chi connectivity index (χ0v) is 24.0. The lowest BCUT2D eigenvalue weighted by molar-refractivity contribution is 0.590. The first kappa shape index (κ1) is 27.7. The van der Waals surface area contributed by atoms with E-state index in [1.54, 1.807) is 12.4 Å². The molecular weight excluding hydrogens is 504 g/mol. The summed E-state index contributed by atoms with van der Waals surface area (Å²) in [6.07, 6.45) is 5.05. The summed E-state index contributed by atoms with van der Waals surface area (Å²) in [5, 5.41) is 9.38. The summed E-state index contributed by atoms with van der Waals surface area (Å²) in [5.41, 5.74) is 8.99. The molecule has 0 saturated heterocycles. The Hall–Kier alpha value is -4.84. The molecule has 0 fully saturated rings. The number of aryl methyl sites for hydroxylation is 1. The van der Waals surface area contributed by atoms with E-state index in [0.717, 1.165) is 52.0 Å². The summed E-state index contributed by atoms with van der Waals surface area (Å²) in [6.45, 7) is 8.62. The van der Waals surface area contributed by atoms with Crippen molar-refractivity contribution in [1.82, 2.24) is 19.9 Å². The monoisotopic (exact) mass is 538 g/mol. The van der Waals surface area contributed by atoms with E-state index in [-0.39, 0.29) is 5.41 Å². The van der Waals surface area contributed by atoms with Crippen molar-refractivity contribution in [3.63, 3.8) is 0 Å².